The number of rotatable bonds is 6. The summed E-state index contributed by atoms with van der Waals surface area (Å²) in [4.78, 5) is 8.88. The van der Waals surface area contributed by atoms with Crippen LogP contribution in [-0.2, 0) is 12.8 Å². The van der Waals surface area contributed by atoms with Gasteiger partial charge in [0.15, 0.2) is 17.5 Å². The van der Waals surface area contributed by atoms with Gasteiger partial charge in [-0.2, -0.15) is 0 Å². The quantitative estimate of drug-likeness (QED) is 0.516. The molecule has 1 aliphatic heterocycles. The van der Waals surface area contributed by atoms with Crippen molar-refractivity contribution >= 4 is 11.6 Å². The molecule has 140 valence electrons. The number of fused-ring (bicyclic) bond motifs is 2. The molecule has 27 heavy (non-hydrogen) atoms. The smallest absolute Gasteiger partial charge is 0.231 e. The third kappa shape index (κ3) is 4.13. The van der Waals surface area contributed by atoms with Gasteiger partial charge in [0.05, 0.1) is 5.69 Å². The highest BCUT2D eigenvalue weighted by atomic mass is 16.7. The number of aromatic nitrogens is 2. The number of hydrogen-bond acceptors (Lipinski definition) is 4. The van der Waals surface area contributed by atoms with Crippen LogP contribution in [0.1, 0.15) is 11.3 Å². The summed E-state index contributed by atoms with van der Waals surface area (Å²) in [6, 6.07) is 12.1. The van der Waals surface area contributed by atoms with Crippen molar-refractivity contribution in [2.24, 2.45) is 4.99 Å². The maximum absolute atomic E-state index is 5.42. The Bertz CT molecular complexity index is 917. The Morgan fingerprint density at radius 2 is 1.96 bits per heavy atom. The van der Waals surface area contributed by atoms with Crippen molar-refractivity contribution in [3.63, 3.8) is 0 Å². The van der Waals surface area contributed by atoms with E-state index in [1.807, 2.05) is 40.9 Å². The number of nitrogens with one attached hydrogen (secondary N) is 2. The van der Waals surface area contributed by atoms with E-state index in [0.717, 1.165) is 54.7 Å². The summed E-state index contributed by atoms with van der Waals surface area (Å²) in [5, 5.41) is 6.67. The maximum atomic E-state index is 5.42. The van der Waals surface area contributed by atoms with Gasteiger partial charge in [-0.1, -0.05) is 12.1 Å². The van der Waals surface area contributed by atoms with Crippen molar-refractivity contribution in [2.75, 3.05) is 26.9 Å². The molecule has 0 amide bonds. The Labute approximate surface area is 158 Å². The summed E-state index contributed by atoms with van der Waals surface area (Å²) >= 11 is 0. The van der Waals surface area contributed by atoms with Gasteiger partial charge in [-0.15, -0.1) is 0 Å². The summed E-state index contributed by atoms with van der Waals surface area (Å²) in [5.74, 6) is 2.43. The fourth-order valence-electron chi connectivity index (χ4n) is 3.06. The van der Waals surface area contributed by atoms with Gasteiger partial charge in [-0.05, 0) is 36.2 Å². The number of nitrogens with zero attached hydrogens (tertiary/aromatic N) is 3. The predicted octanol–water partition coefficient (Wildman–Crippen LogP) is 2.01. The minimum Gasteiger partial charge on any atom is -0.454 e. The van der Waals surface area contributed by atoms with Gasteiger partial charge < -0.3 is 24.5 Å². The lowest BCUT2D eigenvalue weighted by atomic mass is 10.1. The Morgan fingerprint density at radius 1 is 1.11 bits per heavy atom. The lowest BCUT2D eigenvalue weighted by molar-refractivity contribution is 0.174. The molecule has 0 fully saturated rings. The lowest BCUT2D eigenvalue weighted by Gasteiger charge is -2.11. The zero-order valence-corrected chi connectivity index (χ0v) is 15.3. The number of hydrogen-bond donors (Lipinski definition) is 2. The van der Waals surface area contributed by atoms with Crippen LogP contribution in [0.2, 0.25) is 0 Å². The van der Waals surface area contributed by atoms with E-state index in [-0.39, 0.29) is 0 Å². The van der Waals surface area contributed by atoms with Crippen molar-refractivity contribution < 1.29 is 9.47 Å². The molecule has 2 N–H and O–H groups in total. The molecule has 0 radical (unpaired) electrons. The highest BCUT2D eigenvalue weighted by molar-refractivity contribution is 5.79. The molecule has 0 atom stereocenters. The van der Waals surface area contributed by atoms with E-state index in [9.17, 15) is 0 Å². The van der Waals surface area contributed by atoms with Gasteiger partial charge in [0.2, 0.25) is 6.79 Å². The van der Waals surface area contributed by atoms with E-state index in [2.05, 4.69) is 32.9 Å². The first kappa shape index (κ1) is 17.2. The van der Waals surface area contributed by atoms with Crippen LogP contribution >= 0.6 is 0 Å². The van der Waals surface area contributed by atoms with Gasteiger partial charge in [0.1, 0.15) is 5.65 Å². The van der Waals surface area contributed by atoms with E-state index in [4.69, 9.17) is 9.47 Å². The van der Waals surface area contributed by atoms with Gasteiger partial charge in [-0.25, -0.2) is 4.98 Å². The second-order valence-electron chi connectivity index (χ2n) is 6.31. The summed E-state index contributed by atoms with van der Waals surface area (Å²) < 4.78 is 12.8. The van der Waals surface area contributed by atoms with Crippen LogP contribution in [0.4, 0.5) is 0 Å². The molecule has 0 aliphatic carbocycles. The Morgan fingerprint density at radius 3 is 2.81 bits per heavy atom. The highest BCUT2D eigenvalue weighted by Gasteiger charge is 2.12. The molecule has 7 nitrogen and oxygen atoms in total. The van der Waals surface area contributed by atoms with Crippen molar-refractivity contribution in [3.05, 3.63) is 60.0 Å². The zero-order valence-electron chi connectivity index (χ0n) is 15.3. The Balaban J connectivity index is 1.22. The first-order chi connectivity index (χ1) is 13.3. The van der Waals surface area contributed by atoms with Crippen molar-refractivity contribution in [2.45, 2.75) is 12.8 Å². The second kappa shape index (κ2) is 7.99. The second-order valence-corrected chi connectivity index (χ2v) is 6.31. The minimum absolute atomic E-state index is 0.305. The normalized spacial score (nSPS) is 13.1. The van der Waals surface area contributed by atoms with Crippen LogP contribution in [0.25, 0.3) is 5.65 Å². The number of guanidine groups is 1. The standard InChI is InChI=1S/C20H23N5O2/c1-21-20(22-9-7-15-5-6-17-18(12-15)27-14-26-17)23-10-8-16-13-25-11-3-2-4-19(25)24-16/h2-6,11-13H,7-10,14H2,1H3,(H2,21,22,23). The highest BCUT2D eigenvalue weighted by Crippen LogP contribution is 2.32. The number of imidazole rings is 1. The monoisotopic (exact) mass is 365 g/mol. The summed E-state index contributed by atoms with van der Waals surface area (Å²) in [7, 11) is 1.78. The summed E-state index contributed by atoms with van der Waals surface area (Å²) in [5.41, 5.74) is 3.23. The average molecular weight is 365 g/mol. The van der Waals surface area contributed by atoms with Gasteiger partial charge in [0, 0.05) is 39.0 Å². The number of pyridine rings is 1. The zero-order chi connectivity index (χ0) is 18.5. The Hall–Kier alpha value is -3.22. The van der Waals surface area contributed by atoms with Crippen LogP contribution < -0.4 is 20.1 Å². The first-order valence-electron chi connectivity index (χ1n) is 9.07. The molecule has 7 heteroatoms. The average Bonchev–Trinajstić information content (AvgIpc) is 3.32. The molecule has 1 aromatic carbocycles. The number of benzene rings is 1. The van der Waals surface area contributed by atoms with E-state index >= 15 is 0 Å². The van der Waals surface area contributed by atoms with Crippen molar-refractivity contribution in [1.29, 1.82) is 0 Å². The summed E-state index contributed by atoms with van der Waals surface area (Å²) in [6.45, 7) is 1.86. The molecule has 0 saturated carbocycles. The SMILES string of the molecule is CN=C(NCCc1ccc2c(c1)OCO2)NCCc1cn2ccccc2n1. The van der Waals surface area contributed by atoms with Crippen molar-refractivity contribution in [1.82, 2.24) is 20.0 Å². The maximum Gasteiger partial charge on any atom is 0.231 e. The Kier molecular flexibility index (Phi) is 5.09. The minimum atomic E-state index is 0.305. The third-order valence-corrected chi connectivity index (χ3v) is 4.45. The van der Waals surface area contributed by atoms with Gasteiger partial charge in [-0.3, -0.25) is 4.99 Å². The molecule has 0 bridgehead atoms. The topological polar surface area (TPSA) is 72.2 Å². The first-order valence-corrected chi connectivity index (χ1v) is 9.07. The van der Waals surface area contributed by atoms with E-state index in [1.165, 1.54) is 5.56 Å². The van der Waals surface area contributed by atoms with Gasteiger partial charge >= 0.3 is 0 Å². The third-order valence-electron chi connectivity index (χ3n) is 4.45. The molecular weight excluding hydrogens is 342 g/mol. The molecular formula is C20H23N5O2. The lowest BCUT2D eigenvalue weighted by Crippen LogP contribution is -2.39. The van der Waals surface area contributed by atoms with Crippen LogP contribution in [0.15, 0.2) is 53.8 Å². The molecule has 3 heterocycles. The fourth-order valence-corrected chi connectivity index (χ4v) is 3.06. The van der Waals surface area contributed by atoms with E-state index in [1.54, 1.807) is 7.05 Å². The van der Waals surface area contributed by atoms with Crippen molar-refractivity contribution in [3.8, 4) is 11.5 Å². The van der Waals surface area contributed by atoms with Gasteiger partial charge in [0.25, 0.3) is 0 Å². The van der Waals surface area contributed by atoms with Crippen LogP contribution in [-0.4, -0.2) is 42.3 Å². The molecule has 2 aromatic heterocycles. The molecule has 1 aliphatic rings. The molecule has 4 rings (SSSR count). The van der Waals surface area contributed by atoms with E-state index in [0.29, 0.717) is 6.79 Å². The van der Waals surface area contributed by atoms with Crippen LogP contribution in [0.5, 0.6) is 11.5 Å². The molecule has 0 unspecified atom stereocenters. The predicted molar refractivity (Wildman–Crippen MR) is 105 cm³/mol. The molecule has 3 aromatic rings. The van der Waals surface area contributed by atoms with Crippen LogP contribution in [0.3, 0.4) is 0 Å². The largest absolute Gasteiger partial charge is 0.454 e. The van der Waals surface area contributed by atoms with Crippen LogP contribution in [0, 0.1) is 0 Å². The molecule has 0 saturated heterocycles. The van der Waals surface area contributed by atoms with E-state index < -0.39 is 0 Å². The fraction of sp³-hybridized carbons (Fsp3) is 0.300. The molecule has 0 spiro atoms. The number of aliphatic imine (C=N–C) groups is 1. The number of ether oxygens (including phenoxy) is 2. The summed E-state index contributed by atoms with van der Waals surface area (Å²) in [6.07, 6.45) is 5.79.